The molecule has 1 saturated heterocycles. The molecule has 0 unspecified atom stereocenters. The molecule has 0 aromatic heterocycles. The van der Waals surface area contributed by atoms with Crippen LogP contribution in [0.25, 0.3) is 0 Å². The molecule has 1 aromatic rings. The van der Waals surface area contributed by atoms with Crippen LogP contribution in [0.4, 0.5) is 4.79 Å². The number of halogens is 1. The van der Waals surface area contributed by atoms with E-state index in [4.69, 9.17) is 4.74 Å². The zero-order valence-corrected chi connectivity index (χ0v) is 17.0. The van der Waals surface area contributed by atoms with Crippen LogP contribution in [-0.4, -0.2) is 35.7 Å². The van der Waals surface area contributed by atoms with E-state index in [2.05, 4.69) is 47.2 Å². The van der Waals surface area contributed by atoms with Gasteiger partial charge in [0.1, 0.15) is 5.60 Å². The number of hydrogen-bond donors (Lipinski definition) is 1. The van der Waals surface area contributed by atoms with Crippen LogP contribution in [0.5, 0.6) is 0 Å². The van der Waals surface area contributed by atoms with E-state index in [1.54, 1.807) is 0 Å². The van der Waals surface area contributed by atoms with Crippen molar-refractivity contribution in [2.75, 3.05) is 13.1 Å². The third-order valence-corrected chi connectivity index (χ3v) is 4.83. The van der Waals surface area contributed by atoms with Gasteiger partial charge >= 0.3 is 6.09 Å². The summed E-state index contributed by atoms with van der Waals surface area (Å²) in [5.41, 5.74) is 3.55. The highest BCUT2D eigenvalue weighted by molar-refractivity contribution is 9.10. The summed E-state index contributed by atoms with van der Waals surface area (Å²) in [7, 11) is 0. The van der Waals surface area contributed by atoms with Crippen molar-refractivity contribution in [1.29, 1.82) is 0 Å². The molecule has 0 radical (unpaired) electrons. The molecule has 2 rings (SSSR count). The number of likely N-dealkylation sites (tertiary alicyclic amines) is 1. The van der Waals surface area contributed by atoms with Crippen molar-refractivity contribution in [3.8, 4) is 0 Å². The average molecular weight is 397 g/mol. The molecule has 1 amide bonds. The Labute approximate surface area is 154 Å². The first kappa shape index (κ1) is 19.3. The Morgan fingerprint density at radius 1 is 1.25 bits per heavy atom. The number of benzene rings is 1. The van der Waals surface area contributed by atoms with Crippen molar-refractivity contribution in [1.82, 2.24) is 10.2 Å². The first-order chi connectivity index (χ1) is 11.2. The van der Waals surface area contributed by atoms with Crippen LogP contribution in [0, 0.1) is 13.8 Å². The molecule has 0 atom stereocenters. The Kier molecular flexibility index (Phi) is 6.32. The third-order valence-electron chi connectivity index (χ3n) is 4.37. The number of nitrogens with one attached hydrogen (secondary N) is 1. The predicted octanol–water partition coefficient (Wildman–Crippen LogP) is 4.56. The molecule has 4 nitrogen and oxygen atoms in total. The van der Waals surface area contributed by atoms with E-state index in [-0.39, 0.29) is 6.09 Å². The SMILES string of the molecule is Cc1cc(Br)cc(C)c1CNC1CCN(C(=O)OC(C)(C)C)CC1. The number of carbonyl (C=O) groups is 1. The molecule has 5 heteroatoms. The maximum atomic E-state index is 12.1. The summed E-state index contributed by atoms with van der Waals surface area (Å²) in [6.07, 6.45) is 1.74. The smallest absolute Gasteiger partial charge is 0.410 e. The Morgan fingerprint density at radius 2 is 1.79 bits per heavy atom. The molecule has 0 spiro atoms. The van der Waals surface area contributed by atoms with Crippen molar-refractivity contribution >= 4 is 22.0 Å². The quantitative estimate of drug-likeness (QED) is 0.813. The molecule has 1 aliphatic heterocycles. The Bertz CT molecular complexity index is 565. The van der Waals surface area contributed by atoms with Crippen LogP contribution in [0.1, 0.15) is 50.3 Å². The number of amides is 1. The van der Waals surface area contributed by atoms with E-state index in [0.717, 1.165) is 36.9 Å². The lowest BCUT2D eigenvalue weighted by Gasteiger charge is -2.34. The zero-order valence-electron chi connectivity index (χ0n) is 15.4. The Balaban J connectivity index is 1.83. The molecule has 1 N–H and O–H groups in total. The van der Waals surface area contributed by atoms with Gasteiger partial charge in [-0.15, -0.1) is 0 Å². The van der Waals surface area contributed by atoms with Gasteiger partial charge in [-0.3, -0.25) is 0 Å². The summed E-state index contributed by atoms with van der Waals surface area (Å²) in [6, 6.07) is 4.77. The molecule has 0 bridgehead atoms. The fourth-order valence-corrected chi connectivity index (χ4v) is 3.75. The van der Waals surface area contributed by atoms with Crippen LogP contribution in [0.3, 0.4) is 0 Å². The molecular weight excluding hydrogens is 368 g/mol. The van der Waals surface area contributed by atoms with Gasteiger partial charge in [0.15, 0.2) is 0 Å². The summed E-state index contributed by atoms with van der Waals surface area (Å²) in [4.78, 5) is 13.9. The van der Waals surface area contributed by atoms with Gasteiger partial charge in [-0.25, -0.2) is 4.79 Å². The van der Waals surface area contributed by atoms with Gasteiger partial charge in [-0.1, -0.05) is 15.9 Å². The normalized spacial score (nSPS) is 16.3. The maximum Gasteiger partial charge on any atom is 0.410 e. The summed E-state index contributed by atoms with van der Waals surface area (Å²) < 4.78 is 6.58. The largest absolute Gasteiger partial charge is 0.444 e. The maximum absolute atomic E-state index is 12.1. The highest BCUT2D eigenvalue weighted by Crippen LogP contribution is 2.21. The van der Waals surface area contributed by atoms with Crippen LogP contribution >= 0.6 is 15.9 Å². The standard InChI is InChI=1S/C19H29BrN2O2/c1-13-10-15(20)11-14(2)17(13)12-21-16-6-8-22(9-7-16)18(23)24-19(3,4)5/h10-11,16,21H,6-9,12H2,1-5H3. The van der Waals surface area contributed by atoms with Crippen molar-refractivity contribution in [3.05, 3.63) is 33.3 Å². The summed E-state index contributed by atoms with van der Waals surface area (Å²) in [6.45, 7) is 12.4. The lowest BCUT2D eigenvalue weighted by molar-refractivity contribution is 0.0198. The summed E-state index contributed by atoms with van der Waals surface area (Å²) in [5.74, 6) is 0. The predicted molar refractivity (Wildman–Crippen MR) is 101 cm³/mol. The van der Waals surface area contributed by atoms with Gasteiger partial charge in [0, 0.05) is 30.1 Å². The van der Waals surface area contributed by atoms with Crippen LogP contribution in [0.2, 0.25) is 0 Å². The van der Waals surface area contributed by atoms with Gasteiger partial charge in [-0.2, -0.15) is 0 Å². The van der Waals surface area contributed by atoms with Crippen LogP contribution < -0.4 is 5.32 Å². The minimum absolute atomic E-state index is 0.194. The van der Waals surface area contributed by atoms with Crippen molar-refractivity contribution in [2.24, 2.45) is 0 Å². The molecule has 134 valence electrons. The van der Waals surface area contributed by atoms with Gasteiger partial charge < -0.3 is 15.0 Å². The molecule has 1 heterocycles. The monoisotopic (exact) mass is 396 g/mol. The molecule has 1 fully saturated rings. The van der Waals surface area contributed by atoms with E-state index in [1.807, 2.05) is 25.7 Å². The molecule has 1 aromatic carbocycles. The molecule has 0 aliphatic carbocycles. The van der Waals surface area contributed by atoms with E-state index in [1.165, 1.54) is 16.7 Å². The van der Waals surface area contributed by atoms with Crippen molar-refractivity contribution in [2.45, 2.75) is 65.6 Å². The summed E-state index contributed by atoms with van der Waals surface area (Å²) in [5, 5.41) is 3.65. The number of hydrogen-bond acceptors (Lipinski definition) is 3. The second kappa shape index (κ2) is 7.87. The average Bonchev–Trinajstić information content (AvgIpc) is 2.45. The fourth-order valence-electron chi connectivity index (χ4n) is 3.06. The minimum Gasteiger partial charge on any atom is -0.444 e. The molecule has 0 saturated carbocycles. The Hall–Kier alpha value is -1.07. The zero-order chi connectivity index (χ0) is 17.9. The number of aryl methyl sites for hydroxylation is 2. The lowest BCUT2D eigenvalue weighted by Crippen LogP contribution is -2.46. The molecule has 1 aliphatic rings. The third kappa shape index (κ3) is 5.49. The van der Waals surface area contributed by atoms with E-state index in [9.17, 15) is 4.79 Å². The van der Waals surface area contributed by atoms with Crippen LogP contribution in [0.15, 0.2) is 16.6 Å². The van der Waals surface area contributed by atoms with E-state index < -0.39 is 5.60 Å². The number of ether oxygens (including phenoxy) is 1. The second-order valence-electron chi connectivity index (χ2n) is 7.64. The van der Waals surface area contributed by atoms with Gasteiger partial charge in [0.05, 0.1) is 0 Å². The second-order valence-corrected chi connectivity index (χ2v) is 8.56. The van der Waals surface area contributed by atoms with Gasteiger partial charge in [0.2, 0.25) is 0 Å². The number of rotatable bonds is 3. The number of carbonyl (C=O) groups excluding carboxylic acids is 1. The van der Waals surface area contributed by atoms with Crippen molar-refractivity contribution in [3.63, 3.8) is 0 Å². The summed E-state index contributed by atoms with van der Waals surface area (Å²) >= 11 is 3.55. The molecule has 24 heavy (non-hydrogen) atoms. The molecular formula is C19H29BrN2O2. The highest BCUT2D eigenvalue weighted by atomic mass is 79.9. The van der Waals surface area contributed by atoms with E-state index in [0.29, 0.717) is 6.04 Å². The number of nitrogens with zero attached hydrogens (tertiary/aromatic N) is 1. The first-order valence-corrected chi connectivity index (χ1v) is 9.42. The fraction of sp³-hybridized carbons (Fsp3) is 0.632. The number of piperidine rings is 1. The van der Waals surface area contributed by atoms with E-state index >= 15 is 0 Å². The lowest BCUT2D eigenvalue weighted by atomic mass is 10.0. The first-order valence-electron chi connectivity index (χ1n) is 8.62. The van der Waals surface area contributed by atoms with Gasteiger partial charge in [0.25, 0.3) is 0 Å². The topological polar surface area (TPSA) is 41.6 Å². The minimum atomic E-state index is -0.428. The van der Waals surface area contributed by atoms with Crippen molar-refractivity contribution < 1.29 is 9.53 Å². The Morgan fingerprint density at radius 3 is 2.29 bits per heavy atom. The van der Waals surface area contributed by atoms with Crippen LogP contribution in [-0.2, 0) is 11.3 Å². The van der Waals surface area contributed by atoms with Gasteiger partial charge in [-0.05, 0) is 76.3 Å². The highest BCUT2D eigenvalue weighted by Gasteiger charge is 2.26.